The summed E-state index contributed by atoms with van der Waals surface area (Å²) >= 11 is 0. The molecule has 1 saturated heterocycles. The van der Waals surface area contributed by atoms with Gasteiger partial charge in [0.2, 0.25) is 10.0 Å². The van der Waals surface area contributed by atoms with Crippen LogP contribution in [0.4, 0.5) is 20.6 Å². The Kier molecular flexibility index (Phi) is 7.24. The first kappa shape index (κ1) is 23.1. The normalized spacial score (nSPS) is 15.8. The summed E-state index contributed by atoms with van der Waals surface area (Å²) in [6, 6.07) is 7.41. The number of carbonyl (C=O) groups is 1. The number of nitrogens with one attached hydrogen (secondary N) is 2. The predicted molar refractivity (Wildman–Crippen MR) is 119 cm³/mol. The molecule has 0 unspecified atom stereocenters. The third kappa shape index (κ3) is 6.22. The van der Waals surface area contributed by atoms with Crippen molar-refractivity contribution in [2.75, 3.05) is 36.8 Å². The van der Waals surface area contributed by atoms with Gasteiger partial charge in [-0.25, -0.2) is 17.6 Å². The van der Waals surface area contributed by atoms with Crippen LogP contribution in [0.1, 0.15) is 25.1 Å². The summed E-state index contributed by atoms with van der Waals surface area (Å²) in [5.41, 5.74) is 2.42. The van der Waals surface area contributed by atoms with Crippen molar-refractivity contribution in [2.45, 2.75) is 32.6 Å². The molecule has 0 bridgehead atoms. The summed E-state index contributed by atoms with van der Waals surface area (Å²) in [5.74, 6) is -0.453. The van der Waals surface area contributed by atoms with Crippen LogP contribution >= 0.6 is 0 Å². The summed E-state index contributed by atoms with van der Waals surface area (Å²) in [7, 11) is -3.26. The molecule has 0 radical (unpaired) electrons. The lowest BCUT2D eigenvalue weighted by Gasteiger charge is -2.34. The summed E-state index contributed by atoms with van der Waals surface area (Å²) in [5, 5.41) is 4.85. The number of halogens is 1. The molecule has 1 aromatic heterocycles. The van der Waals surface area contributed by atoms with Gasteiger partial charge in [0.25, 0.3) is 0 Å². The highest BCUT2D eigenvalue weighted by Crippen LogP contribution is 2.19. The van der Waals surface area contributed by atoms with Gasteiger partial charge in [0, 0.05) is 44.1 Å². The fourth-order valence-electron chi connectivity index (χ4n) is 3.35. The van der Waals surface area contributed by atoms with Crippen LogP contribution in [0.5, 0.6) is 0 Å². The van der Waals surface area contributed by atoms with E-state index in [2.05, 4.69) is 20.5 Å². The van der Waals surface area contributed by atoms with E-state index < -0.39 is 27.1 Å². The summed E-state index contributed by atoms with van der Waals surface area (Å²) in [6.45, 7) is 7.61. The zero-order valence-corrected chi connectivity index (χ0v) is 18.7. The van der Waals surface area contributed by atoms with Gasteiger partial charge in [0.05, 0.1) is 17.1 Å². The quantitative estimate of drug-likeness (QED) is 0.707. The van der Waals surface area contributed by atoms with Crippen LogP contribution in [0.25, 0.3) is 0 Å². The Hall–Kier alpha value is -2.56. The van der Waals surface area contributed by atoms with Gasteiger partial charge in [-0.3, -0.25) is 9.88 Å². The molecular weight excluding hydrogens is 421 g/mol. The number of amides is 2. The minimum atomic E-state index is -3.26. The Labute approximate surface area is 182 Å². The standard InChI is InChI=1S/C21H28FN5O3S/c1-15(2)31(29,30)27-8-6-26(7-9-27)14-17-10-18(22)12-20(11-17)25-21(28)24-19-5-4-16(3)23-13-19/h4-5,10-13,15H,6-9,14H2,1-3H3,(H2,24,25,28). The first-order chi connectivity index (χ1) is 14.6. The number of anilines is 2. The molecule has 31 heavy (non-hydrogen) atoms. The van der Waals surface area contributed by atoms with E-state index in [1.807, 2.05) is 6.92 Å². The zero-order chi connectivity index (χ0) is 22.6. The number of pyridine rings is 1. The average molecular weight is 450 g/mol. The number of hydrogen-bond donors (Lipinski definition) is 2. The molecule has 8 nitrogen and oxygen atoms in total. The van der Waals surface area contributed by atoms with Crippen molar-refractivity contribution in [1.29, 1.82) is 0 Å². The molecule has 1 aliphatic rings. The smallest absolute Gasteiger partial charge is 0.308 e. The van der Waals surface area contributed by atoms with Gasteiger partial charge in [-0.15, -0.1) is 0 Å². The van der Waals surface area contributed by atoms with Crippen LogP contribution in [0, 0.1) is 12.7 Å². The number of aryl methyl sites for hydroxylation is 1. The lowest BCUT2D eigenvalue weighted by Crippen LogP contribution is -2.49. The second kappa shape index (κ2) is 9.71. The van der Waals surface area contributed by atoms with Gasteiger partial charge < -0.3 is 10.6 Å². The molecule has 3 rings (SSSR count). The van der Waals surface area contributed by atoms with Gasteiger partial charge in [0.15, 0.2) is 0 Å². The largest absolute Gasteiger partial charge is 0.323 e. The van der Waals surface area contributed by atoms with Gasteiger partial charge in [-0.1, -0.05) is 0 Å². The van der Waals surface area contributed by atoms with E-state index in [1.54, 1.807) is 38.2 Å². The third-order valence-electron chi connectivity index (χ3n) is 5.08. The zero-order valence-electron chi connectivity index (χ0n) is 17.9. The number of carbonyl (C=O) groups excluding carboxylic acids is 1. The highest BCUT2D eigenvalue weighted by atomic mass is 32.2. The molecule has 0 atom stereocenters. The predicted octanol–water partition coefficient (Wildman–Crippen LogP) is 3.03. The van der Waals surface area contributed by atoms with Gasteiger partial charge in [-0.2, -0.15) is 4.31 Å². The van der Waals surface area contributed by atoms with Crippen LogP contribution in [0.3, 0.4) is 0 Å². The van der Waals surface area contributed by atoms with Crippen LogP contribution < -0.4 is 10.6 Å². The lowest BCUT2D eigenvalue weighted by atomic mass is 10.1. The van der Waals surface area contributed by atoms with Crippen molar-refractivity contribution in [3.05, 3.63) is 53.6 Å². The molecule has 1 fully saturated rings. The molecule has 0 saturated carbocycles. The second-order valence-electron chi connectivity index (χ2n) is 7.88. The van der Waals surface area contributed by atoms with Crippen molar-refractivity contribution in [3.63, 3.8) is 0 Å². The van der Waals surface area contributed by atoms with Crippen LogP contribution in [-0.2, 0) is 16.6 Å². The number of piperazine rings is 1. The van der Waals surface area contributed by atoms with Crippen LogP contribution in [0.15, 0.2) is 36.5 Å². The highest BCUT2D eigenvalue weighted by Gasteiger charge is 2.29. The highest BCUT2D eigenvalue weighted by molar-refractivity contribution is 7.89. The molecule has 2 heterocycles. The first-order valence-corrected chi connectivity index (χ1v) is 11.7. The van der Waals surface area contributed by atoms with E-state index in [0.717, 1.165) is 5.69 Å². The molecule has 2 N–H and O–H groups in total. The molecule has 0 aliphatic carbocycles. The topological polar surface area (TPSA) is 94.6 Å². The number of hydrogen-bond acceptors (Lipinski definition) is 5. The van der Waals surface area contributed by atoms with Gasteiger partial charge >= 0.3 is 6.03 Å². The number of nitrogens with zero attached hydrogens (tertiary/aromatic N) is 3. The van der Waals surface area contributed by atoms with E-state index in [-0.39, 0.29) is 0 Å². The number of aromatic nitrogens is 1. The molecule has 10 heteroatoms. The van der Waals surface area contributed by atoms with E-state index in [1.165, 1.54) is 16.4 Å². The fraction of sp³-hybridized carbons (Fsp3) is 0.429. The van der Waals surface area contributed by atoms with Crippen LogP contribution in [0.2, 0.25) is 0 Å². The maximum Gasteiger partial charge on any atom is 0.323 e. The lowest BCUT2D eigenvalue weighted by molar-refractivity contribution is 0.181. The van der Waals surface area contributed by atoms with Crippen molar-refractivity contribution < 1.29 is 17.6 Å². The first-order valence-electron chi connectivity index (χ1n) is 10.1. The maximum absolute atomic E-state index is 14.1. The molecule has 1 aromatic carbocycles. The van der Waals surface area contributed by atoms with E-state index in [4.69, 9.17) is 0 Å². The monoisotopic (exact) mass is 449 g/mol. The van der Waals surface area contributed by atoms with Crippen molar-refractivity contribution in [1.82, 2.24) is 14.2 Å². The van der Waals surface area contributed by atoms with E-state index in [0.29, 0.717) is 49.7 Å². The summed E-state index contributed by atoms with van der Waals surface area (Å²) < 4.78 is 40.2. The average Bonchev–Trinajstić information content (AvgIpc) is 2.69. The Bertz CT molecular complexity index is 1020. The van der Waals surface area contributed by atoms with Crippen LogP contribution in [-0.4, -0.2) is 60.1 Å². The molecule has 0 spiro atoms. The fourth-order valence-corrected chi connectivity index (χ4v) is 4.62. The number of benzene rings is 1. The Morgan fingerprint density at radius 1 is 1.10 bits per heavy atom. The number of sulfonamides is 1. The van der Waals surface area contributed by atoms with Gasteiger partial charge in [0.1, 0.15) is 5.82 Å². The molecular formula is C21H28FN5O3S. The molecule has 1 aliphatic heterocycles. The number of urea groups is 1. The second-order valence-corrected chi connectivity index (χ2v) is 10.4. The summed E-state index contributed by atoms with van der Waals surface area (Å²) in [6.07, 6.45) is 1.55. The van der Waals surface area contributed by atoms with Crippen molar-refractivity contribution in [2.24, 2.45) is 0 Å². The van der Waals surface area contributed by atoms with E-state index in [9.17, 15) is 17.6 Å². The SMILES string of the molecule is Cc1ccc(NC(=O)Nc2cc(F)cc(CN3CCN(S(=O)(=O)C(C)C)CC3)c2)cn1. The molecule has 2 aromatic rings. The number of rotatable bonds is 6. The third-order valence-corrected chi connectivity index (χ3v) is 7.35. The minimum absolute atomic E-state index is 0.341. The van der Waals surface area contributed by atoms with Crippen molar-refractivity contribution in [3.8, 4) is 0 Å². The van der Waals surface area contributed by atoms with Crippen molar-refractivity contribution >= 4 is 27.4 Å². The molecule has 168 valence electrons. The van der Waals surface area contributed by atoms with Gasteiger partial charge in [-0.05, 0) is 56.7 Å². The minimum Gasteiger partial charge on any atom is -0.308 e. The Morgan fingerprint density at radius 3 is 2.39 bits per heavy atom. The van der Waals surface area contributed by atoms with E-state index >= 15 is 0 Å². The Morgan fingerprint density at radius 2 is 1.77 bits per heavy atom. The molecule has 2 amide bonds. The maximum atomic E-state index is 14.1. The Balaban J connectivity index is 1.58. The summed E-state index contributed by atoms with van der Waals surface area (Å²) in [4.78, 5) is 18.4.